The lowest BCUT2D eigenvalue weighted by Crippen LogP contribution is -2.41. The number of nitrogens with two attached hydrogens (primary N) is 1. The summed E-state index contributed by atoms with van der Waals surface area (Å²) in [6.45, 7) is 0.547. The topological polar surface area (TPSA) is 55.5 Å². The molecule has 1 aromatic rings. The fourth-order valence-corrected chi connectivity index (χ4v) is 2.55. The van der Waals surface area contributed by atoms with Gasteiger partial charge in [-0.3, -0.25) is 0 Å². The summed E-state index contributed by atoms with van der Waals surface area (Å²) in [4.78, 5) is 0. The smallest absolute Gasteiger partial charge is 0.138 e. The molecule has 2 rings (SSSR count). The van der Waals surface area contributed by atoms with Crippen molar-refractivity contribution in [3.05, 3.63) is 22.7 Å². The summed E-state index contributed by atoms with van der Waals surface area (Å²) in [6.07, 6.45) is 3.19. The number of hydrogen-bond donors (Lipinski definition) is 2. The zero-order valence-corrected chi connectivity index (χ0v) is 10.0. The lowest BCUT2D eigenvalue weighted by molar-refractivity contribution is 0.244. The third kappa shape index (κ3) is 1.64. The Bertz CT molecular complexity index is 397. The second-order valence-electron chi connectivity index (χ2n) is 4.34. The molecule has 1 saturated carbocycles. The van der Waals surface area contributed by atoms with E-state index in [1.807, 2.05) is 6.07 Å². The Morgan fingerprint density at radius 3 is 2.62 bits per heavy atom. The third-order valence-corrected chi connectivity index (χ3v) is 3.84. The van der Waals surface area contributed by atoms with Crippen LogP contribution in [0.5, 0.6) is 11.5 Å². The van der Waals surface area contributed by atoms with Gasteiger partial charge in [0.15, 0.2) is 0 Å². The van der Waals surface area contributed by atoms with Gasteiger partial charge >= 0.3 is 0 Å². The van der Waals surface area contributed by atoms with Gasteiger partial charge in [-0.2, -0.15) is 0 Å². The van der Waals surface area contributed by atoms with E-state index in [0.717, 1.165) is 24.8 Å². The van der Waals surface area contributed by atoms with Crippen molar-refractivity contribution < 1.29 is 9.84 Å². The molecule has 4 heteroatoms. The van der Waals surface area contributed by atoms with Crippen LogP contribution in [0, 0.1) is 0 Å². The predicted molar refractivity (Wildman–Crippen MR) is 64.3 cm³/mol. The molecule has 0 aromatic heterocycles. The van der Waals surface area contributed by atoms with Crippen LogP contribution in [-0.4, -0.2) is 18.8 Å². The van der Waals surface area contributed by atoms with E-state index >= 15 is 0 Å². The Labute approximate surface area is 100 Å². The van der Waals surface area contributed by atoms with Gasteiger partial charge in [0.2, 0.25) is 0 Å². The number of phenolic OH excluding ortho intramolecular Hbond substituents is 1. The summed E-state index contributed by atoms with van der Waals surface area (Å²) in [7, 11) is 1.57. The highest BCUT2D eigenvalue weighted by Crippen LogP contribution is 2.48. The molecule has 0 radical (unpaired) electrons. The van der Waals surface area contributed by atoms with Gasteiger partial charge in [-0.25, -0.2) is 0 Å². The van der Waals surface area contributed by atoms with Crippen molar-refractivity contribution in [2.24, 2.45) is 5.73 Å². The first kappa shape index (κ1) is 11.6. The van der Waals surface area contributed by atoms with Crippen LogP contribution >= 0.6 is 11.6 Å². The van der Waals surface area contributed by atoms with Crippen molar-refractivity contribution in [3.63, 3.8) is 0 Å². The van der Waals surface area contributed by atoms with E-state index in [-0.39, 0.29) is 11.2 Å². The molecule has 1 fully saturated rings. The van der Waals surface area contributed by atoms with E-state index in [0.29, 0.717) is 17.3 Å². The van der Waals surface area contributed by atoms with Crippen LogP contribution in [-0.2, 0) is 5.41 Å². The Balaban J connectivity index is 2.47. The van der Waals surface area contributed by atoms with E-state index in [1.165, 1.54) is 6.07 Å². The first-order valence-corrected chi connectivity index (χ1v) is 5.78. The molecule has 3 nitrogen and oxygen atoms in total. The molecule has 88 valence electrons. The minimum absolute atomic E-state index is 0.0814. The number of hydrogen-bond acceptors (Lipinski definition) is 3. The average Bonchev–Trinajstić information content (AvgIpc) is 2.20. The van der Waals surface area contributed by atoms with Gasteiger partial charge in [0.1, 0.15) is 11.5 Å². The largest absolute Gasteiger partial charge is 0.508 e. The molecular weight excluding hydrogens is 226 g/mol. The van der Waals surface area contributed by atoms with E-state index in [4.69, 9.17) is 22.1 Å². The highest BCUT2D eigenvalue weighted by atomic mass is 35.5. The van der Waals surface area contributed by atoms with Gasteiger partial charge in [-0.05, 0) is 18.9 Å². The van der Waals surface area contributed by atoms with Crippen molar-refractivity contribution >= 4 is 11.6 Å². The second kappa shape index (κ2) is 4.15. The number of halogens is 1. The molecule has 0 spiro atoms. The lowest BCUT2D eigenvalue weighted by atomic mass is 9.64. The maximum Gasteiger partial charge on any atom is 0.138 e. The number of benzene rings is 1. The molecule has 3 N–H and O–H groups in total. The molecule has 0 bridgehead atoms. The Morgan fingerprint density at radius 2 is 2.19 bits per heavy atom. The Kier molecular flexibility index (Phi) is 3.00. The van der Waals surface area contributed by atoms with Gasteiger partial charge in [0, 0.05) is 23.6 Å². The predicted octanol–water partition coefficient (Wildman–Crippen LogP) is 2.43. The molecule has 0 saturated heterocycles. The second-order valence-corrected chi connectivity index (χ2v) is 4.75. The van der Waals surface area contributed by atoms with Crippen molar-refractivity contribution in [1.29, 1.82) is 0 Å². The van der Waals surface area contributed by atoms with E-state index < -0.39 is 0 Å². The summed E-state index contributed by atoms with van der Waals surface area (Å²) in [5.74, 6) is 0.810. The average molecular weight is 242 g/mol. The van der Waals surface area contributed by atoms with Crippen LogP contribution in [0.25, 0.3) is 0 Å². The van der Waals surface area contributed by atoms with Crippen LogP contribution in [0.1, 0.15) is 24.8 Å². The van der Waals surface area contributed by atoms with Crippen LogP contribution < -0.4 is 10.5 Å². The number of rotatable bonds is 3. The summed E-state index contributed by atoms with van der Waals surface area (Å²) >= 11 is 5.94. The fourth-order valence-electron chi connectivity index (χ4n) is 2.31. The first-order valence-electron chi connectivity index (χ1n) is 5.40. The van der Waals surface area contributed by atoms with Gasteiger partial charge in [-0.1, -0.05) is 18.0 Å². The summed E-state index contributed by atoms with van der Waals surface area (Å²) in [6, 6.07) is 3.34. The molecule has 1 aliphatic rings. The van der Waals surface area contributed by atoms with Gasteiger partial charge in [0.05, 0.1) is 12.1 Å². The van der Waals surface area contributed by atoms with Crippen LogP contribution in [0.2, 0.25) is 5.02 Å². The first-order chi connectivity index (χ1) is 7.63. The normalized spacial score (nSPS) is 17.9. The molecule has 1 aromatic carbocycles. The maximum absolute atomic E-state index is 9.95. The Morgan fingerprint density at radius 1 is 1.50 bits per heavy atom. The molecule has 0 unspecified atom stereocenters. The molecule has 0 aliphatic heterocycles. The summed E-state index contributed by atoms with van der Waals surface area (Å²) in [5, 5.41) is 10.4. The fraction of sp³-hybridized carbons (Fsp3) is 0.500. The Hall–Kier alpha value is -0.930. The van der Waals surface area contributed by atoms with E-state index in [9.17, 15) is 5.11 Å². The zero-order valence-electron chi connectivity index (χ0n) is 9.29. The van der Waals surface area contributed by atoms with Gasteiger partial charge < -0.3 is 15.6 Å². The number of phenols is 1. The summed E-state index contributed by atoms with van der Waals surface area (Å²) in [5.41, 5.74) is 6.60. The van der Waals surface area contributed by atoms with Crippen molar-refractivity contribution in [2.75, 3.05) is 13.7 Å². The molecule has 16 heavy (non-hydrogen) atoms. The van der Waals surface area contributed by atoms with E-state index in [2.05, 4.69) is 0 Å². The number of methoxy groups -OCH3 is 1. The molecule has 0 atom stereocenters. The molecular formula is C12H16ClNO2. The van der Waals surface area contributed by atoms with Crippen molar-refractivity contribution in [1.82, 2.24) is 0 Å². The summed E-state index contributed by atoms with van der Waals surface area (Å²) < 4.78 is 5.17. The SMILES string of the molecule is COc1cc(C2(CN)CCC2)c(O)cc1Cl. The van der Waals surface area contributed by atoms with Crippen LogP contribution in [0.3, 0.4) is 0 Å². The molecule has 0 amide bonds. The molecule has 0 heterocycles. The minimum Gasteiger partial charge on any atom is -0.508 e. The van der Waals surface area contributed by atoms with Crippen molar-refractivity contribution in [3.8, 4) is 11.5 Å². The van der Waals surface area contributed by atoms with Crippen molar-refractivity contribution in [2.45, 2.75) is 24.7 Å². The highest BCUT2D eigenvalue weighted by Gasteiger charge is 2.39. The van der Waals surface area contributed by atoms with Crippen LogP contribution in [0.4, 0.5) is 0 Å². The highest BCUT2D eigenvalue weighted by molar-refractivity contribution is 6.32. The maximum atomic E-state index is 9.95. The lowest BCUT2D eigenvalue weighted by Gasteiger charge is -2.41. The standard InChI is InChI=1S/C12H16ClNO2/c1-16-11-5-8(10(15)6-9(11)13)12(7-14)3-2-4-12/h5-6,15H,2-4,7,14H2,1H3. The van der Waals surface area contributed by atoms with Crippen LogP contribution in [0.15, 0.2) is 12.1 Å². The molecule has 1 aliphatic carbocycles. The quantitative estimate of drug-likeness (QED) is 0.855. The number of ether oxygens (including phenoxy) is 1. The monoisotopic (exact) mass is 241 g/mol. The minimum atomic E-state index is -0.0814. The van der Waals surface area contributed by atoms with Gasteiger partial charge in [-0.15, -0.1) is 0 Å². The van der Waals surface area contributed by atoms with Gasteiger partial charge in [0.25, 0.3) is 0 Å². The third-order valence-electron chi connectivity index (χ3n) is 3.54. The van der Waals surface area contributed by atoms with E-state index in [1.54, 1.807) is 7.11 Å². The zero-order chi connectivity index (χ0) is 11.8. The number of aromatic hydroxyl groups is 1.